The molecule has 0 saturated heterocycles. The quantitative estimate of drug-likeness (QED) is 0.161. The van der Waals surface area contributed by atoms with E-state index in [2.05, 4.69) is 218 Å². The Morgan fingerprint density at radius 3 is 1.00 bits per heavy atom. The van der Waals surface area contributed by atoms with Crippen molar-refractivity contribution in [3.63, 3.8) is 0 Å². The molecule has 0 aliphatic rings. The predicted molar refractivity (Wildman–Crippen MR) is 240 cm³/mol. The van der Waals surface area contributed by atoms with E-state index in [1.165, 1.54) is 93.0 Å². The van der Waals surface area contributed by atoms with E-state index in [1.807, 2.05) is 0 Å². The van der Waals surface area contributed by atoms with Crippen LogP contribution in [0, 0.1) is 0 Å². The van der Waals surface area contributed by atoms with Crippen LogP contribution < -0.4 is 0 Å². The van der Waals surface area contributed by atoms with Crippen molar-refractivity contribution in [2.75, 3.05) is 0 Å². The largest absolute Gasteiger partial charge is 0.309 e. The Morgan fingerprint density at radius 1 is 0.304 bits per heavy atom. The maximum Gasteiger partial charge on any atom is 0.0541 e. The summed E-state index contributed by atoms with van der Waals surface area (Å²) >= 11 is 0. The first-order chi connectivity index (χ1) is 27.4. The summed E-state index contributed by atoms with van der Waals surface area (Å²) in [4.78, 5) is 0. The van der Waals surface area contributed by atoms with Gasteiger partial charge in [0.25, 0.3) is 0 Å². The molecule has 0 N–H and O–H groups in total. The van der Waals surface area contributed by atoms with Gasteiger partial charge in [-0.15, -0.1) is 0 Å². The second-order valence-corrected chi connectivity index (χ2v) is 16.1. The van der Waals surface area contributed by atoms with E-state index >= 15 is 0 Å². The Kier molecular flexibility index (Phi) is 7.15. The number of rotatable bonds is 4. The van der Waals surface area contributed by atoms with Crippen LogP contribution in [0.15, 0.2) is 188 Å². The molecule has 2 heterocycles. The number of nitrogens with zero attached hydrogens (tertiary/aromatic N) is 2. The van der Waals surface area contributed by atoms with Gasteiger partial charge in [0.1, 0.15) is 0 Å². The van der Waals surface area contributed by atoms with E-state index < -0.39 is 0 Å². The maximum absolute atomic E-state index is 2.45. The van der Waals surface area contributed by atoms with Gasteiger partial charge in [-0.05, 0) is 109 Å². The summed E-state index contributed by atoms with van der Waals surface area (Å²) in [6, 6.07) is 69.5. The van der Waals surface area contributed by atoms with Gasteiger partial charge in [-0.3, -0.25) is 0 Å². The minimum atomic E-state index is 0.00161. The number of fused-ring (bicyclic) bond motifs is 8. The van der Waals surface area contributed by atoms with Crippen molar-refractivity contribution < 1.29 is 0 Å². The van der Waals surface area contributed by atoms with Gasteiger partial charge in [0.05, 0.1) is 22.1 Å². The minimum Gasteiger partial charge on any atom is -0.309 e. The van der Waals surface area contributed by atoms with Crippen LogP contribution in [0.25, 0.3) is 98.8 Å². The fourth-order valence-electron chi connectivity index (χ4n) is 9.22. The summed E-state index contributed by atoms with van der Waals surface area (Å²) in [5.74, 6) is 0. The molecule has 0 aliphatic carbocycles. The molecule has 2 nitrogen and oxygen atoms in total. The van der Waals surface area contributed by atoms with Crippen LogP contribution >= 0.6 is 0 Å². The molecule has 2 aromatic heterocycles. The van der Waals surface area contributed by atoms with Crippen LogP contribution in [0.1, 0.15) is 26.3 Å². The SMILES string of the molecule is CC(C)(C)c1ccc2c(-c3ccc(-n4c5ccccc5c5ccccc54)cc3)c3ccccc3c(-c3ccc(-n4c5ccccc5c5ccccc54)cc3)c2c1. The van der Waals surface area contributed by atoms with Crippen LogP contribution in [0.4, 0.5) is 0 Å². The van der Waals surface area contributed by atoms with Crippen molar-refractivity contribution in [3.05, 3.63) is 194 Å². The molecule has 11 aromatic rings. The molecule has 0 spiro atoms. The molecule has 0 bridgehead atoms. The van der Waals surface area contributed by atoms with Gasteiger partial charge in [0, 0.05) is 32.9 Å². The van der Waals surface area contributed by atoms with E-state index in [9.17, 15) is 0 Å². The van der Waals surface area contributed by atoms with Crippen molar-refractivity contribution in [3.8, 4) is 33.6 Å². The number of hydrogen-bond acceptors (Lipinski definition) is 0. The molecular formula is C54H40N2. The normalized spacial score (nSPS) is 12.2. The van der Waals surface area contributed by atoms with Crippen LogP contribution in [0.5, 0.6) is 0 Å². The van der Waals surface area contributed by atoms with Crippen LogP contribution in [-0.4, -0.2) is 9.13 Å². The first kappa shape index (κ1) is 32.5. The summed E-state index contributed by atoms with van der Waals surface area (Å²) in [5.41, 5.74) is 13.5. The zero-order valence-corrected chi connectivity index (χ0v) is 31.8. The fourth-order valence-corrected chi connectivity index (χ4v) is 9.22. The van der Waals surface area contributed by atoms with E-state index in [-0.39, 0.29) is 5.41 Å². The lowest BCUT2D eigenvalue weighted by Crippen LogP contribution is -2.10. The second-order valence-electron chi connectivity index (χ2n) is 16.1. The molecule has 0 amide bonds. The van der Waals surface area contributed by atoms with Gasteiger partial charge in [0.2, 0.25) is 0 Å². The highest BCUT2D eigenvalue weighted by atomic mass is 15.0. The van der Waals surface area contributed by atoms with Gasteiger partial charge in [-0.1, -0.05) is 154 Å². The third kappa shape index (κ3) is 4.89. The average Bonchev–Trinajstić information content (AvgIpc) is 3.76. The number of para-hydroxylation sites is 4. The summed E-state index contributed by atoms with van der Waals surface area (Å²) in [6.45, 7) is 6.93. The van der Waals surface area contributed by atoms with Crippen molar-refractivity contribution in [2.24, 2.45) is 0 Å². The third-order valence-electron chi connectivity index (χ3n) is 11.9. The monoisotopic (exact) mass is 716 g/mol. The van der Waals surface area contributed by atoms with Crippen LogP contribution in [0.3, 0.4) is 0 Å². The van der Waals surface area contributed by atoms with Crippen LogP contribution in [-0.2, 0) is 5.41 Å². The fraction of sp³-hybridized carbons (Fsp3) is 0.0741. The first-order valence-corrected chi connectivity index (χ1v) is 19.6. The van der Waals surface area contributed by atoms with Gasteiger partial charge in [-0.2, -0.15) is 0 Å². The summed E-state index contributed by atoms with van der Waals surface area (Å²) in [7, 11) is 0. The minimum absolute atomic E-state index is 0.00161. The molecule has 0 aliphatic heterocycles. The average molecular weight is 717 g/mol. The Balaban J connectivity index is 1.11. The Labute approximate surface area is 326 Å². The predicted octanol–water partition coefficient (Wildman–Crippen LogP) is 14.8. The van der Waals surface area contributed by atoms with E-state index in [4.69, 9.17) is 0 Å². The van der Waals surface area contributed by atoms with Crippen molar-refractivity contribution in [1.82, 2.24) is 9.13 Å². The van der Waals surface area contributed by atoms with E-state index in [0.29, 0.717) is 0 Å². The van der Waals surface area contributed by atoms with Gasteiger partial charge in [-0.25, -0.2) is 0 Å². The number of aromatic nitrogens is 2. The van der Waals surface area contributed by atoms with Crippen LogP contribution in [0.2, 0.25) is 0 Å². The highest BCUT2D eigenvalue weighted by Gasteiger charge is 2.21. The lowest BCUT2D eigenvalue weighted by molar-refractivity contribution is 0.591. The summed E-state index contributed by atoms with van der Waals surface area (Å²) in [5, 5.41) is 10.2. The molecular weight excluding hydrogens is 677 g/mol. The molecule has 0 unspecified atom stereocenters. The topological polar surface area (TPSA) is 9.86 Å². The molecule has 11 rings (SSSR count). The molecule has 9 aromatic carbocycles. The zero-order valence-electron chi connectivity index (χ0n) is 31.8. The molecule has 2 heteroatoms. The van der Waals surface area contributed by atoms with Gasteiger partial charge >= 0.3 is 0 Å². The van der Waals surface area contributed by atoms with E-state index in [1.54, 1.807) is 0 Å². The van der Waals surface area contributed by atoms with Gasteiger partial charge in [0.15, 0.2) is 0 Å². The Hall–Kier alpha value is -6.90. The summed E-state index contributed by atoms with van der Waals surface area (Å²) < 4.78 is 4.79. The zero-order chi connectivity index (χ0) is 37.5. The third-order valence-corrected chi connectivity index (χ3v) is 11.9. The number of hydrogen-bond donors (Lipinski definition) is 0. The standard InChI is InChI=1S/C54H40N2/c1-54(2,3)37-28-33-46-47(34-37)53(36-26-31-39(32-27-36)56-50-22-12-8-16-42(50)43-17-9-13-23-51(43)56)45-19-5-4-18-44(45)52(46)35-24-29-38(30-25-35)55-48-20-10-6-14-40(48)41-15-7-11-21-49(41)55/h4-34H,1-3H3. The molecule has 0 saturated carbocycles. The molecule has 56 heavy (non-hydrogen) atoms. The van der Waals surface area contributed by atoms with Gasteiger partial charge < -0.3 is 9.13 Å². The molecule has 0 fully saturated rings. The lowest BCUT2D eigenvalue weighted by atomic mass is 9.81. The second kappa shape index (κ2) is 12.3. The van der Waals surface area contributed by atoms with Crippen molar-refractivity contribution in [2.45, 2.75) is 26.2 Å². The number of benzene rings is 9. The van der Waals surface area contributed by atoms with E-state index in [0.717, 1.165) is 11.4 Å². The summed E-state index contributed by atoms with van der Waals surface area (Å²) in [6.07, 6.45) is 0. The highest BCUT2D eigenvalue weighted by molar-refractivity contribution is 6.21. The lowest BCUT2D eigenvalue weighted by Gasteiger charge is -2.23. The maximum atomic E-state index is 2.45. The van der Waals surface area contributed by atoms with Crippen molar-refractivity contribution >= 4 is 65.2 Å². The smallest absolute Gasteiger partial charge is 0.0541 e. The molecule has 266 valence electrons. The Morgan fingerprint density at radius 2 is 0.625 bits per heavy atom. The Bertz CT molecular complexity index is 3210. The molecule has 0 atom stereocenters. The highest BCUT2D eigenvalue weighted by Crippen LogP contribution is 2.45. The molecule has 0 radical (unpaired) electrons. The van der Waals surface area contributed by atoms with Crippen molar-refractivity contribution in [1.29, 1.82) is 0 Å². The first-order valence-electron chi connectivity index (χ1n) is 19.6.